The van der Waals surface area contributed by atoms with E-state index in [0.717, 1.165) is 11.4 Å². The van der Waals surface area contributed by atoms with E-state index in [9.17, 15) is 0 Å². The van der Waals surface area contributed by atoms with Crippen molar-refractivity contribution >= 4 is 5.69 Å². The maximum Gasteiger partial charge on any atom is 0.0632 e. The molecule has 2 heteroatoms. The second kappa shape index (κ2) is 4.84. The van der Waals surface area contributed by atoms with E-state index in [1.54, 1.807) is 5.56 Å². The van der Waals surface area contributed by atoms with Gasteiger partial charge in [0.15, 0.2) is 0 Å². The summed E-state index contributed by atoms with van der Waals surface area (Å²) in [6.07, 6.45) is 2.47. The third-order valence-corrected chi connectivity index (χ3v) is 6.82. The summed E-state index contributed by atoms with van der Waals surface area (Å²) in [5.41, 5.74) is 8.29. The van der Waals surface area contributed by atoms with E-state index in [0.29, 0.717) is 6.04 Å². The Kier molecular flexibility index (Phi) is 3.16. The summed E-state index contributed by atoms with van der Waals surface area (Å²) in [6.45, 7) is 13.8. The number of rotatable bonds is 1. The van der Waals surface area contributed by atoms with Gasteiger partial charge in [-0.1, -0.05) is 31.2 Å². The number of fused-ring (bicyclic) bond motifs is 2. The predicted molar refractivity (Wildman–Crippen MR) is 101 cm³/mol. The number of hydrogen-bond acceptors (Lipinski definition) is 2. The molecule has 2 nitrogen and oxygen atoms in total. The van der Waals surface area contributed by atoms with Crippen LogP contribution in [0.4, 0.5) is 5.69 Å². The molecule has 126 valence electrons. The number of pyridine rings is 1. The SMILES string of the molecule is Cc1cc(C)c(N2C(C)C3(C)CCC2(C)c2ccccc23)c(C)n1. The number of benzene rings is 1. The van der Waals surface area contributed by atoms with E-state index >= 15 is 0 Å². The molecule has 3 atom stereocenters. The molecule has 5 rings (SSSR count). The van der Waals surface area contributed by atoms with Crippen LogP contribution in [-0.2, 0) is 11.0 Å². The van der Waals surface area contributed by atoms with Crippen LogP contribution >= 0.6 is 0 Å². The topological polar surface area (TPSA) is 16.1 Å². The zero-order valence-corrected chi connectivity index (χ0v) is 15.8. The van der Waals surface area contributed by atoms with Gasteiger partial charge in [-0.05, 0) is 70.2 Å². The number of anilines is 1. The Morgan fingerprint density at radius 3 is 2.38 bits per heavy atom. The summed E-state index contributed by atoms with van der Waals surface area (Å²) in [5.74, 6) is 0. The van der Waals surface area contributed by atoms with Crippen LogP contribution in [0.5, 0.6) is 0 Å². The summed E-state index contributed by atoms with van der Waals surface area (Å²) in [6, 6.07) is 11.8. The average Bonchev–Trinajstić information content (AvgIpc) is 2.53. The van der Waals surface area contributed by atoms with Crippen molar-refractivity contribution in [3.63, 3.8) is 0 Å². The van der Waals surface area contributed by atoms with Crippen LogP contribution in [-0.4, -0.2) is 11.0 Å². The average molecular weight is 320 g/mol. The third-order valence-electron chi connectivity index (χ3n) is 6.82. The zero-order valence-electron chi connectivity index (χ0n) is 15.8. The van der Waals surface area contributed by atoms with E-state index in [-0.39, 0.29) is 11.0 Å². The molecule has 1 aromatic carbocycles. The lowest BCUT2D eigenvalue weighted by molar-refractivity contribution is 0.165. The molecule has 0 radical (unpaired) electrons. The minimum Gasteiger partial charge on any atom is -0.357 e. The van der Waals surface area contributed by atoms with Crippen molar-refractivity contribution in [2.75, 3.05) is 4.90 Å². The zero-order chi connectivity index (χ0) is 17.3. The number of hydrogen-bond donors (Lipinski definition) is 0. The Bertz CT molecular complexity index is 801. The summed E-state index contributed by atoms with van der Waals surface area (Å²) in [5, 5.41) is 0. The fourth-order valence-electron chi connectivity index (χ4n) is 5.44. The molecule has 0 saturated carbocycles. The first-order valence-electron chi connectivity index (χ1n) is 9.13. The number of nitrogens with zero attached hydrogens (tertiary/aromatic N) is 2. The summed E-state index contributed by atoms with van der Waals surface area (Å²) >= 11 is 0. The van der Waals surface area contributed by atoms with Gasteiger partial charge in [-0.25, -0.2) is 0 Å². The van der Waals surface area contributed by atoms with Gasteiger partial charge in [0.1, 0.15) is 0 Å². The highest BCUT2D eigenvalue weighted by molar-refractivity contribution is 5.65. The third kappa shape index (κ3) is 1.80. The Labute approximate surface area is 145 Å². The molecule has 3 unspecified atom stereocenters. The Balaban J connectivity index is 2.00. The van der Waals surface area contributed by atoms with Crippen molar-refractivity contribution in [3.05, 3.63) is 58.4 Å². The van der Waals surface area contributed by atoms with Crippen LogP contribution in [0.2, 0.25) is 0 Å². The maximum atomic E-state index is 4.80. The monoisotopic (exact) mass is 320 g/mol. The van der Waals surface area contributed by atoms with E-state index < -0.39 is 0 Å². The number of aromatic nitrogens is 1. The first-order valence-corrected chi connectivity index (χ1v) is 9.13. The molecule has 1 aromatic heterocycles. The van der Waals surface area contributed by atoms with Crippen LogP contribution in [0.1, 0.15) is 61.7 Å². The first-order chi connectivity index (χ1) is 11.3. The molecule has 1 fully saturated rings. The highest BCUT2D eigenvalue weighted by Crippen LogP contribution is 2.58. The van der Waals surface area contributed by atoms with Crippen molar-refractivity contribution in [1.82, 2.24) is 4.98 Å². The molecule has 3 aliphatic rings. The second-order valence-corrected chi connectivity index (χ2v) is 8.30. The van der Waals surface area contributed by atoms with Gasteiger partial charge in [0.2, 0.25) is 0 Å². The highest BCUT2D eigenvalue weighted by atomic mass is 15.3. The van der Waals surface area contributed by atoms with E-state index in [2.05, 4.69) is 76.8 Å². The van der Waals surface area contributed by atoms with Crippen molar-refractivity contribution in [3.8, 4) is 0 Å². The van der Waals surface area contributed by atoms with E-state index in [1.807, 2.05) is 0 Å². The molecule has 0 spiro atoms. The van der Waals surface area contributed by atoms with Gasteiger partial charge < -0.3 is 4.90 Å². The maximum absolute atomic E-state index is 4.80. The quantitative estimate of drug-likeness (QED) is 0.719. The van der Waals surface area contributed by atoms with Crippen LogP contribution in [0.15, 0.2) is 30.3 Å². The van der Waals surface area contributed by atoms with Crippen LogP contribution in [0.25, 0.3) is 0 Å². The minimum absolute atomic E-state index is 0.0558. The van der Waals surface area contributed by atoms with Crippen molar-refractivity contribution in [2.45, 2.75) is 71.4 Å². The molecular weight excluding hydrogens is 292 g/mol. The van der Waals surface area contributed by atoms with Crippen molar-refractivity contribution < 1.29 is 0 Å². The minimum atomic E-state index is 0.0558. The van der Waals surface area contributed by atoms with Crippen LogP contribution in [0, 0.1) is 20.8 Å². The molecule has 2 aromatic rings. The van der Waals surface area contributed by atoms with Crippen molar-refractivity contribution in [2.24, 2.45) is 0 Å². The lowest BCUT2D eigenvalue weighted by Gasteiger charge is -2.63. The first kappa shape index (κ1) is 15.7. The molecule has 24 heavy (non-hydrogen) atoms. The van der Waals surface area contributed by atoms with Gasteiger partial charge in [-0.2, -0.15) is 0 Å². The molecule has 2 bridgehead atoms. The molecule has 0 amide bonds. The van der Waals surface area contributed by atoms with Crippen LogP contribution in [0.3, 0.4) is 0 Å². The fourth-order valence-corrected chi connectivity index (χ4v) is 5.44. The molecule has 1 saturated heterocycles. The Morgan fingerprint density at radius 2 is 1.71 bits per heavy atom. The normalized spacial score (nSPS) is 31.2. The predicted octanol–water partition coefficient (Wildman–Crippen LogP) is 5.18. The summed E-state index contributed by atoms with van der Waals surface area (Å²) in [4.78, 5) is 7.49. The fraction of sp³-hybridized carbons (Fsp3) is 0.500. The highest BCUT2D eigenvalue weighted by Gasteiger charge is 2.56. The molecule has 1 aliphatic carbocycles. The van der Waals surface area contributed by atoms with Gasteiger partial charge in [-0.15, -0.1) is 0 Å². The van der Waals surface area contributed by atoms with Gasteiger partial charge in [0, 0.05) is 17.2 Å². The van der Waals surface area contributed by atoms with Crippen molar-refractivity contribution in [1.29, 1.82) is 0 Å². The van der Waals surface area contributed by atoms with Gasteiger partial charge in [0.25, 0.3) is 0 Å². The lowest BCUT2D eigenvalue weighted by Crippen LogP contribution is -2.65. The summed E-state index contributed by atoms with van der Waals surface area (Å²) < 4.78 is 0. The largest absolute Gasteiger partial charge is 0.357 e. The van der Waals surface area contributed by atoms with E-state index in [1.165, 1.54) is 29.7 Å². The summed E-state index contributed by atoms with van der Waals surface area (Å²) in [7, 11) is 0. The van der Waals surface area contributed by atoms with Gasteiger partial charge >= 0.3 is 0 Å². The van der Waals surface area contributed by atoms with E-state index in [4.69, 9.17) is 4.98 Å². The Hall–Kier alpha value is -1.83. The standard InChI is InChI=1S/C22H28N2/c1-14-13-15(2)23-16(3)20(14)24-17(4)21(5)11-12-22(24,6)19-10-8-7-9-18(19)21/h7-10,13,17H,11-12H2,1-6H3. The van der Waals surface area contributed by atoms with Crippen LogP contribution < -0.4 is 4.90 Å². The van der Waals surface area contributed by atoms with Gasteiger partial charge in [0.05, 0.1) is 16.9 Å². The molecule has 2 aliphatic heterocycles. The molecule has 3 heterocycles. The molecule has 0 N–H and O–H groups in total. The lowest BCUT2D eigenvalue weighted by atomic mass is 9.56. The second-order valence-electron chi connectivity index (χ2n) is 8.30. The Morgan fingerprint density at radius 1 is 1.04 bits per heavy atom. The molecular formula is C22H28N2. The smallest absolute Gasteiger partial charge is 0.0632 e. The number of aryl methyl sites for hydroxylation is 3. The van der Waals surface area contributed by atoms with Gasteiger partial charge in [-0.3, -0.25) is 4.98 Å². The number of piperidine rings is 1.